The predicted octanol–water partition coefficient (Wildman–Crippen LogP) is 1.50. The molecule has 0 radical (unpaired) electrons. The van der Waals surface area contributed by atoms with Gasteiger partial charge < -0.3 is 14.5 Å². The number of hydrogen-bond donors (Lipinski definition) is 0. The van der Waals surface area contributed by atoms with Crippen molar-refractivity contribution in [1.29, 1.82) is 0 Å². The average Bonchev–Trinajstić information content (AvgIpc) is 3.36. The van der Waals surface area contributed by atoms with Gasteiger partial charge in [0.2, 0.25) is 5.82 Å². The highest BCUT2D eigenvalue weighted by Gasteiger charge is 2.42. The van der Waals surface area contributed by atoms with Crippen molar-refractivity contribution in [2.24, 2.45) is 5.92 Å². The molecule has 5 heterocycles. The van der Waals surface area contributed by atoms with E-state index in [1.165, 1.54) is 6.42 Å². The van der Waals surface area contributed by atoms with Crippen LogP contribution in [0.15, 0.2) is 12.3 Å². The molecular formula is C18H23N5O2. The van der Waals surface area contributed by atoms with Crippen LogP contribution in [0.2, 0.25) is 0 Å². The van der Waals surface area contributed by atoms with Crippen molar-refractivity contribution in [3.63, 3.8) is 0 Å². The molecule has 0 spiro atoms. The monoisotopic (exact) mass is 341 g/mol. The summed E-state index contributed by atoms with van der Waals surface area (Å²) in [6, 6.07) is 2.34. The van der Waals surface area contributed by atoms with Gasteiger partial charge in [0.1, 0.15) is 0 Å². The van der Waals surface area contributed by atoms with Crippen molar-refractivity contribution in [3.8, 4) is 0 Å². The number of anilines is 1. The highest BCUT2D eigenvalue weighted by atomic mass is 16.5. The summed E-state index contributed by atoms with van der Waals surface area (Å²) < 4.78 is 7.35. The minimum atomic E-state index is -0.0738. The molecule has 3 atom stereocenters. The number of rotatable bonds is 2. The van der Waals surface area contributed by atoms with Gasteiger partial charge in [0.25, 0.3) is 5.91 Å². The summed E-state index contributed by atoms with van der Waals surface area (Å²) in [5, 5.41) is 4.50. The van der Waals surface area contributed by atoms with Gasteiger partial charge in [-0.15, -0.1) is 5.10 Å². The first kappa shape index (κ1) is 15.1. The number of carbonyl (C=O) groups excluding carboxylic acids is 1. The number of pyridine rings is 1. The summed E-state index contributed by atoms with van der Waals surface area (Å²) >= 11 is 0. The Bertz CT molecular complexity index is 847. The minimum absolute atomic E-state index is 0.0738. The predicted molar refractivity (Wildman–Crippen MR) is 92.9 cm³/mol. The van der Waals surface area contributed by atoms with Crippen LogP contribution >= 0.6 is 0 Å². The van der Waals surface area contributed by atoms with E-state index in [1.54, 1.807) is 4.52 Å². The van der Waals surface area contributed by atoms with Gasteiger partial charge in [0, 0.05) is 19.6 Å². The molecule has 0 N–H and O–H groups in total. The summed E-state index contributed by atoms with van der Waals surface area (Å²) in [5.74, 6) is 0.939. The first-order valence-electron chi connectivity index (χ1n) is 9.13. The van der Waals surface area contributed by atoms with Gasteiger partial charge in [-0.25, -0.2) is 9.50 Å². The maximum Gasteiger partial charge on any atom is 0.293 e. The molecule has 7 heteroatoms. The number of aromatic nitrogens is 3. The van der Waals surface area contributed by atoms with Crippen molar-refractivity contribution in [3.05, 3.63) is 23.7 Å². The zero-order valence-corrected chi connectivity index (χ0v) is 14.7. The Morgan fingerprint density at radius 3 is 2.92 bits per heavy atom. The van der Waals surface area contributed by atoms with Gasteiger partial charge in [-0.2, -0.15) is 0 Å². The van der Waals surface area contributed by atoms with Gasteiger partial charge in [-0.1, -0.05) is 6.92 Å². The molecule has 0 aliphatic carbocycles. The Morgan fingerprint density at radius 2 is 2.24 bits per heavy atom. The number of nitrogens with zero attached hydrogens (tertiary/aromatic N) is 5. The number of fused-ring (bicyclic) bond motifs is 3. The molecule has 3 saturated heterocycles. The van der Waals surface area contributed by atoms with E-state index in [0.717, 1.165) is 42.3 Å². The summed E-state index contributed by atoms with van der Waals surface area (Å²) in [6.07, 6.45) is 4.35. The van der Waals surface area contributed by atoms with Crippen LogP contribution in [-0.2, 0) is 4.74 Å². The fraction of sp³-hybridized carbons (Fsp3) is 0.611. The third kappa shape index (κ3) is 2.40. The second-order valence-electron chi connectivity index (χ2n) is 7.73. The van der Waals surface area contributed by atoms with Gasteiger partial charge in [-0.3, -0.25) is 4.79 Å². The molecule has 3 aliphatic rings. The lowest BCUT2D eigenvalue weighted by Crippen LogP contribution is -2.41. The molecule has 25 heavy (non-hydrogen) atoms. The van der Waals surface area contributed by atoms with Crippen molar-refractivity contribution in [2.75, 3.05) is 31.1 Å². The van der Waals surface area contributed by atoms with Gasteiger partial charge in [0.15, 0.2) is 5.65 Å². The zero-order chi connectivity index (χ0) is 17.1. The van der Waals surface area contributed by atoms with Crippen LogP contribution in [0.1, 0.15) is 35.9 Å². The molecule has 132 valence electrons. The highest BCUT2D eigenvalue weighted by molar-refractivity contribution is 5.91. The summed E-state index contributed by atoms with van der Waals surface area (Å²) in [4.78, 5) is 21.6. The number of aryl methyl sites for hydroxylation is 1. The van der Waals surface area contributed by atoms with Crippen LogP contribution < -0.4 is 4.90 Å². The van der Waals surface area contributed by atoms with E-state index >= 15 is 0 Å². The first-order valence-corrected chi connectivity index (χ1v) is 9.13. The zero-order valence-electron chi connectivity index (χ0n) is 14.7. The van der Waals surface area contributed by atoms with Crippen LogP contribution in [-0.4, -0.2) is 63.8 Å². The van der Waals surface area contributed by atoms with E-state index in [2.05, 4.69) is 28.0 Å². The fourth-order valence-corrected chi connectivity index (χ4v) is 4.34. The standard InChI is InChI=1S/C18H23N5O2/c1-11-3-4-21(7-11)13-5-12(2)17-19-16(20-23(17)8-13)18(24)22-9-15-6-14(22)10-25-15/h5,8,11,14-15H,3-4,6-7,9-10H2,1-2H3. The molecule has 2 aromatic rings. The lowest BCUT2D eigenvalue weighted by Gasteiger charge is -2.25. The Kier molecular flexibility index (Phi) is 3.28. The number of hydrogen-bond acceptors (Lipinski definition) is 5. The van der Waals surface area contributed by atoms with Crippen molar-refractivity contribution >= 4 is 17.2 Å². The molecule has 3 unspecified atom stereocenters. The van der Waals surface area contributed by atoms with Crippen LogP contribution in [0, 0.1) is 12.8 Å². The first-order chi connectivity index (χ1) is 12.1. The van der Waals surface area contributed by atoms with E-state index in [1.807, 2.05) is 18.0 Å². The van der Waals surface area contributed by atoms with Crippen LogP contribution in [0.4, 0.5) is 5.69 Å². The number of morpholine rings is 1. The van der Waals surface area contributed by atoms with Crippen LogP contribution in [0.3, 0.4) is 0 Å². The SMILES string of the molecule is Cc1cc(N2CCC(C)C2)cn2nc(C(=O)N3CC4CC3CO4)nc12. The highest BCUT2D eigenvalue weighted by Crippen LogP contribution is 2.29. The molecule has 0 saturated carbocycles. The molecule has 7 nitrogen and oxygen atoms in total. The second-order valence-corrected chi connectivity index (χ2v) is 7.73. The van der Waals surface area contributed by atoms with Crippen LogP contribution in [0.5, 0.6) is 0 Å². The van der Waals surface area contributed by atoms with E-state index in [0.29, 0.717) is 19.0 Å². The Balaban J connectivity index is 1.47. The molecule has 0 aromatic carbocycles. The molecule has 3 aliphatic heterocycles. The molecule has 2 bridgehead atoms. The van der Waals surface area contributed by atoms with Crippen LogP contribution in [0.25, 0.3) is 5.65 Å². The Labute approximate surface area is 146 Å². The number of amides is 1. The lowest BCUT2D eigenvalue weighted by molar-refractivity contribution is 0.0252. The lowest BCUT2D eigenvalue weighted by atomic mass is 10.2. The largest absolute Gasteiger partial charge is 0.374 e. The quantitative estimate of drug-likeness (QED) is 0.828. The number of likely N-dealkylation sites (tertiary alicyclic amines) is 1. The molecule has 2 aromatic heterocycles. The van der Waals surface area contributed by atoms with E-state index in [-0.39, 0.29) is 18.1 Å². The Hall–Kier alpha value is -2.15. The van der Waals surface area contributed by atoms with E-state index < -0.39 is 0 Å². The maximum atomic E-state index is 12.8. The number of carbonyl (C=O) groups is 1. The smallest absolute Gasteiger partial charge is 0.293 e. The van der Waals surface area contributed by atoms with Crippen molar-refractivity contribution in [1.82, 2.24) is 19.5 Å². The second kappa shape index (κ2) is 5.42. The van der Waals surface area contributed by atoms with E-state index in [9.17, 15) is 4.79 Å². The fourth-order valence-electron chi connectivity index (χ4n) is 4.34. The summed E-state index contributed by atoms with van der Waals surface area (Å²) in [6.45, 7) is 7.76. The van der Waals surface area contributed by atoms with Crippen molar-refractivity contribution in [2.45, 2.75) is 38.8 Å². The maximum absolute atomic E-state index is 12.8. The van der Waals surface area contributed by atoms with E-state index in [4.69, 9.17) is 4.74 Å². The third-order valence-corrected chi connectivity index (χ3v) is 5.74. The topological polar surface area (TPSA) is 63.0 Å². The van der Waals surface area contributed by atoms with Gasteiger partial charge in [0.05, 0.1) is 30.6 Å². The molecule has 1 amide bonds. The molecule has 3 fully saturated rings. The van der Waals surface area contributed by atoms with Gasteiger partial charge >= 0.3 is 0 Å². The minimum Gasteiger partial charge on any atom is -0.374 e. The molecular weight excluding hydrogens is 318 g/mol. The summed E-state index contributed by atoms with van der Waals surface area (Å²) in [7, 11) is 0. The molecule has 5 rings (SSSR count). The normalized spacial score (nSPS) is 28.5. The Morgan fingerprint density at radius 1 is 1.36 bits per heavy atom. The number of ether oxygens (including phenoxy) is 1. The van der Waals surface area contributed by atoms with Crippen molar-refractivity contribution < 1.29 is 9.53 Å². The third-order valence-electron chi connectivity index (χ3n) is 5.74. The average molecular weight is 341 g/mol. The summed E-state index contributed by atoms with van der Waals surface area (Å²) in [5.41, 5.74) is 2.97. The van der Waals surface area contributed by atoms with Gasteiger partial charge in [-0.05, 0) is 37.3 Å².